The molecule has 0 spiro atoms. The van der Waals surface area contributed by atoms with Crippen molar-refractivity contribution in [3.8, 4) is 0 Å². The van der Waals surface area contributed by atoms with Gasteiger partial charge in [-0.1, -0.05) is 43.3 Å². The number of benzene rings is 1. The van der Waals surface area contributed by atoms with Gasteiger partial charge in [-0.05, 0) is 43.2 Å². The van der Waals surface area contributed by atoms with Gasteiger partial charge in [-0.25, -0.2) is 0 Å². The number of hydrogen-bond donors (Lipinski definition) is 1. The van der Waals surface area contributed by atoms with Crippen LogP contribution in [-0.4, -0.2) is 10.1 Å². The van der Waals surface area contributed by atoms with Gasteiger partial charge in [0.2, 0.25) is 5.89 Å². The van der Waals surface area contributed by atoms with Crippen LogP contribution in [0.4, 0.5) is 0 Å². The van der Waals surface area contributed by atoms with E-state index in [0.717, 1.165) is 37.9 Å². The fourth-order valence-corrected chi connectivity index (χ4v) is 3.07. The Morgan fingerprint density at radius 2 is 1.95 bits per heavy atom. The minimum atomic E-state index is -0.488. The summed E-state index contributed by atoms with van der Waals surface area (Å²) in [4.78, 5) is 4.62. The number of aromatic nitrogens is 2. The standard InChI is InChI=1S/C17H23N3O/c1-3-17(18,4-2)16-19-15(20-21-16)14-10-9-12-7-5-6-8-13(12)11-14/h5-8,14H,3-4,9-11,18H2,1-2H3. The van der Waals surface area contributed by atoms with Gasteiger partial charge >= 0.3 is 0 Å². The molecule has 0 bridgehead atoms. The van der Waals surface area contributed by atoms with Crippen molar-refractivity contribution in [1.29, 1.82) is 0 Å². The summed E-state index contributed by atoms with van der Waals surface area (Å²) >= 11 is 0. The number of nitrogens with two attached hydrogens (primary N) is 1. The number of nitrogens with zero attached hydrogens (tertiary/aromatic N) is 2. The second-order valence-electron chi connectivity index (χ2n) is 6.03. The van der Waals surface area contributed by atoms with E-state index in [2.05, 4.69) is 48.3 Å². The lowest BCUT2D eigenvalue weighted by molar-refractivity contribution is 0.266. The van der Waals surface area contributed by atoms with Crippen LogP contribution >= 0.6 is 0 Å². The van der Waals surface area contributed by atoms with Gasteiger partial charge in [0.1, 0.15) is 0 Å². The lowest BCUT2D eigenvalue weighted by atomic mass is 9.83. The molecule has 0 amide bonds. The molecule has 1 aliphatic rings. The van der Waals surface area contributed by atoms with Crippen LogP contribution in [0.5, 0.6) is 0 Å². The number of hydrogen-bond acceptors (Lipinski definition) is 4. The first kappa shape index (κ1) is 14.3. The zero-order valence-corrected chi connectivity index (χ0v) is 12.8. The second-order valence-corrected chi connectivity index (χ2v) is 6.03. The van der Waals surface area contributed by atoms with E-state index in [1.54, 1.807) is 0 Å². The maximum Gasteiger partial charge on any atom is 0.246 e. The number of fused-ring (bicyclic) bond motifs is 1. The quantitative estimate of drug-likeness (QED) is 0.936. The first-order valence-electron chi connectivity index (χ1n) is 7.86. The summed E-state index contributed by atoms with van der Waals surface area (Å²) in [5, 5.41) is 4.21. The predicted octanol–water partition coefficient (Wildman–Crippen LogP) is 3.32. The summed E-state index contributed by atoms with van der Waals surface area (Å²) in [7, 11) is 0. The van der Waals surface area contributed by atoms with Crippen molar-refractivity contribution in [2.45, 2.75) is 57.4 Å². The zero-order chi connectivity index (χ0) is 14.9. The highest BCUT2D eigenvalue weighted by Crippen LogP contribution is 2.32. The maximum atomic E-state index is 6.34. The van der Waals surface area contributed by atoms with Crippen LogP contribution in [0.25, 0.3) is 0 Å². The van der Waals surface area contributed by atoms with E-state index in [1.807, 2.05) is 0 Å². The first-order chi connectivity index (χ1) is 10.2. The molecule has 4 nitrogen and oxygen atoms in total. The smallest absolute Gasteiger partial charge is 0.246 e. The zero-order valence-electron chi connectivity index (χ0n) is 12.8. The Kier molecular flexibility index (Phi) is 3.81. The average Bonchev–Trinajstić information content (AvgIpc) is 3.04. The molecule has 112 valence electrons. The van der Waals surface area contributed by atoms with Crippen molar-refractivity contribution in [3.63, 3.8) is 0 Å². The summed E-state index contributed by atoms with van der Waals surface area (Å²) in [5.41, 5.74) is 8.71. The lowest BCUT2D eigenvalue weighted by Crippen LogP contribution is -2.35. The molecule has 0 radical (unpaired) electrons. The predicted molar refractivity (Wildman–Crippen MR) is 82.0 cm³/mol. The van der Waals surface area contributed by atoms with Crippen molar-refractivity contribution in [2.75, 3.05) is 0 Å². The number of rotatable bonds is 4. The molecule has 1 aliphatic carbocycles. The van der Waals surface area contributed by atoms with Crippen LogP contribution in [0.1, 0.15) is 61.9 Å². The molecule has 1 atom stereocenters. The lowest BCUT2D eigenvalue weighted by Gasteiger charge is -2.22. The van der Waals surface area contributed by atoms with Crippen LogP contribution in [0, 0.1) is 0 Å². The van der Waals surface area contributed by atoms with E-state index in [-0.39, 0.29) is 0 Å². The SMILES string of the molecule is CCC(N)(CC)c1nc(C2CCc3ccccc3C2)no1. The molecule has 3 rings (SSSR count). The van der Waals surface area contributed by atoms with Crippen molar-refractivity contribution in [2.24, 2.45) is 5.73 Å². The van der Waals surface area contributed by atoms with Crippen LogP contribution < -0.4 is 5.73 Å². The van der Waals surface area contributed by atoms with Crippen molar-refractivity contribution in [3.05, 3.63) is 47.1 Å². The van der Waals surface area contributed by atoms with E-state index in [0.29, 0.717) is 11.8 Å². The molecule has 1 heterocycles. The molecule has 1 aromatic carbocycles. The molecule has 2 aromatic rings. The summed E-state index contributed by atoms with van der Waals surface area (Å²) in [5.74, 6) is 1.74. The minimum absolute atomic E-state index is 0.343. The molecule has 0 fully saturated rings. The van der Waals surface area contributed by atoms with Gasteiger partial charge in [-0.3, -0.25) is 0 Å². The Morgan fingerprint density at radius 3 is 2.67 bits per heavy atom. The Bertz CT molecular complexity index is 616. The Balaban J connectivity index is 1.82. The van der Waals surface area contributed by atoms with Gasteiger partial charge in [0.05, 0.1) is 5.54 Å². The first-order valence-corrected chi connectivity index (χ1v) is 7.86. The highest BCUT2D eigenvalue weighted by Gasteiger charge is 2.32. The van der Waals surface area contributed by atoms with E-state index < -0.39 is 5.54 Å². The van der Waals surface area contributed by atoms with E-state index in [1.165, 1.54) is 11.1 Å². The molecule has 21 heavy (non-hydrogen) atoms. The van der Waals surface area contributed by atoms with Gasteiger partial charge < -0.3 is 10.3 Å². The van der Waals surface area contributed by atoms with Gasteiger partial charge in [-0.15, -0.1) is 0 Å². The number of aryl methyl sites for hydroxylation is 1. The molecular formula is C17H23N3O. The third kappa shape index (κ3) is 2.60. The second kappa shape index (κ2) is 5.60. The van der Waals surface area contributed by atoms with Crippen LogP contribution in [-0.2, 0) is 18.4 Å². The molecule has 1 aromatic heterocycles. The van der Waals surface area contributed by atoms with Gasteiger partial charge in [0.15, 0.2) is 5.82 Å². The van der Waals surface area contributed by atoms with Crippen LogP contribution in [0.2, 0.25) is 0 Å². The molecule has 0 aliphatic heterocycles. The largest absolute Gasteiger partial charge is 0.337 e. The molecule has 0 saturated heterocycles. The fourth-order valence-electron chi connectivity index (χ4n) is 3.07. The average molecular weight is 285 g/mol. The van der Waals surface area contributed by atoms with Crippen molar-refractivity contribution < 1.29 is 4.52 Å². The van der Waals surface area contributed by atoms with E-state index in [4.69, 9.17) is 10.3 Å². The van der Waals surface area contributed by atoms with E-state index in [9.17, 15) is 0 Å². The van der Waals surface area contributed by atoms with Crippen molar-refractivity contribution in [1.82, 2.24) is 10.1 Å². The Morgan fingerprint density at radius 1 is 1.24 bits per heavy atom. The Hall–Kier alpha value is -1.68. The monoisotopic (exact) mass is 285 g/mol. The summed E-state index contributed by atoms with van der Waals surface area (Å²) in [6, 6.07) is 8.62. The van der Waals surface area contributed by atoms with Crippen LogP contribution in [0.15, 0.2) is 28.8 Å². The molecule has 0 saturated carbocycles. The van der Waals surface area contributed by atoms with Gasteiger partial charge in [0, 0.05) is 5.92 Å². The minimum Gasteiger partial charge on any atom is -0.337 e. The molecule has 2 N–H and O–H groups in total. The third-order valence-electron chi connectivity index (χ3n) is 4.84. The van der Waals surface area contributed by atoms with Crippen LogP contribution in [0.3, 0.4) is 0 Å². The van der Waals surface area contributed by atoms with Crippen molar-refractivity contribution >= 4 is 0 Å². The molecule has 4 heteroatoms. The highest BCUT2D eigenvalue weighted by molar-refractivity contribution is 5.31. The normalized spacial score (nSPS) is 18.5. The maximum absolute atomic E-state index is 6.34. The fraction of sp³-hybridized carbons (Fsp3) is 0.529. The highest BCUT2D eigenvalue weighted by atomic mass is 16.5. The third-order valence-corrected chi connectivity index (χ3v) is 4.84. The summed E-state index contributed by atoms with van der Waals surface area (Å²) < 4.78 is 5.47. The summed E-state index contributed by atoms with van der Waals surface area (Å²) in [6.07, 6.45) is 4.76. The molecule has 1 unspecified atom stereocenters. The van der Waals surface area contributed by atoms with E-state index >= 15 is 0 Å². The van der Waals surface area contributed by atoms with Gasteiger partial charge in [0.25, 0.3) is 0 Å². The topological polar surface area (TPSA) is 64.9 Å². The molecular weight excluding hydrogens is 262 g/mol. The van der Waals surface area contributed by atoms with Gasteiger partial charge in [-0.2, -0.15) is 4.98 Å². The Labute approximate surface area is 125 Å². The summed E-state index contributed by atoms with van der Waals surface area (Å²) in [6.45, 7) is 4.12.